The number of hydrogen-bond acceptors (Lipinski definition) is 5. The number of carbonyl (C=O) groups is 2. The van der Waals surface area contributed by atoms with Crippen LogP contribution < -0.4 is 5.56 Å². The number of ether oxygens (including phenoxy) is 1. The number of H-pyrrole nitrogens is 1. The van der Waals surface area contributed by atoms with Gasteiger partial charge in [0.1, 0.15) is 11.5 Å². The number of amides is 2. The van der Waals surface area contributed by atoms with Gasteiger partial charge < -0.3 is 19.5 Å². The fourth-order valence-corrected chi connectivity index (χ4v) is 4.69. The smallest absolute Gasteiger partial charge is 0.272 e. The summed E-state index contributed by atoms with van der Waals surface area (Å²) in [6.45, 7) is 5.83. The Kier molecular flexibility index (Phi) is 2.96. The Morgan fingerprint density at radius 3 is 2.48 bits per heavy atom. The molecule has 3 saturated heterocycles. The van der Waals surface area contributed by atoms with Crippen LogP contribution in [0.1, 0.15) is 16.3 Å². The van der Waals surface area contributed by atoms with Crippen molar-refractivity contribution in [1.82, 2.24) is 19.8 Å². The van der Waals surface area contributed by atoms with Crippen molar-refractivity contribution in [2.45, 2.75) is 6.92 Å². The largest absolute Gasteiger partial charge is 0.381 e. The zero-order valence-corrected chi connectivity index (χ0v) is 14.0. The molecule has 1 unspecified atom stereocenters. The lowest BCUT2D eigenvalue weighted by Gasteiger charge is -2.60. The van der Waals surface area contributed by atoms with E-state index in [1.807, 2.05) is 4.90 Å². The Hall–Kier alpha value is -2.22. The second-order valence-electron chi connectivity index (χ2n) is 7.96. The minimum Gasteiger partial charge on any atom is -0.381 e. The van der Waals surface area contributed by atoms with Gasteiger partial charge in [-0.2, -0.15) is 0 Å². The molecule has 5 rings (SSSR count). The number of fused-ring (bicyclic) bond motifs is 1. The Morgan fingerprint density at radius 1 is 1.20 bits per heavy atom. The van der Waals surface area contributed by atoms with E-state index in [0.29, 0.717) is 30.7 Å². The van der Waals surface area contributed by atoms with Gasteiger partial charge in [0, 0.05) is 43.6 Å². The molecule has 2 amide bonds. The van der Waals surface area contributed by atoms with Gasteiger partial charge in [-0.1, -0.05) is 0 Å². The van der Waals surface area contributed by atoms with Gasteiger partial charge in [0.05, 0.1) is 13.2 Å². The number of aromatic amines is 1. The minimum atomic E-state index is -0.314. The average Bonchev–Trinajstić information content (AvgIpc) is 2.95. The molecule has 1 spiro atoms. The van der Waals surface area contributed by atoms with Crippen LogP contribution in [0.3, 0.4) is 0 Å². The average molecular weight is 344 g/mol. The van der Waals surface area contributed by atoms with E-state index in [1.165, 1.54) is 6.07 Å². The summed E-state index contributed by atoms with van der Waals surface area (Å²) in [5.41, 5.74) is -0.0816. The highest BCUT2D eigenvalue weighted by Crippen LogP contribution is 2.53. The summed E-state index contributed by atoms with van der Waals surface area (Å²) < 4.78 is 5.35. The first-order chi connectivity index (χ1) is 12.0. The number of nitrogens with zero attached hydrogens (tertiary/aromatic N) is 3. The van der Waals surface area contributed by atoms with E-state index in [1.54, 1.807) is 11.8 Å². The molecular formula is C17H20N4O4. The molecule has 3 atom stereocenters. The molecule has 1 aliphatic carbocycles. The zero-order chi connectivity index (χ0) is 17.3. The van der Waals surface area contributed by atoms with Gasteiger partial charge >= 0.3 is 0 Å². The van der Waals surface area contributed by atoms with Crippen LogP contribution in [0.25, 0.3) is 0 Å². The molecule has 0 aromatic carbocycles. The number of rotatable bonds is 2. The summed E-state index contributed by atoms with van der Waals surface area (Å²) in [4.78, 5) is 46.7. The highest BCUT2D eigenvalue weighted by atomic mass is 16.5. The van der Waals surface area contributed by atoms with Gasteiger partial charge in [-0.15, -0.1) is 0 Å². The summed E-state index contributed by atoms with van der Waals surface area (Å²) >= 11 is 0. The fourth-order valence-electron chi connectivity index (χ4n) is 4.69. The van der Waals surface area contributed by atoms with Crippen LogP contribution in [-0.4, -0.2) is 71.0 Å². The summed E-state index contributed by atoms with van der Waals surface area (Å²) in [5, 5.41) is 0. The first-order valence-electron chi connectivity index (χ1n) is 8.70. The molecule has 1 saturated carbocycles. The Bertz CT molecular complexity index is 810. The lowest BCUT2D eigenvalue weighted by atomic mass is 9.72. The van der Waals surface area contributed by atoms with Crippen molar-refractivity contribution in [1.29, 1.82) is 0 Å². The summed E-state index contributed by atoms with van der Waals surface area (Å²) in [6.07, 6.45) is 0. The fraction of sp³-hybridized carbons (Fsp3) is 0.647. The highest BCUT2D eigenvalue weighted by Gasteiger charge is 2.62. The Morgan fingerprint density at radius 2 is 1.84 bits per heavy atom. The van der Waals surface area contributed by atoms with Crippen LogP contribution >= 0.6 is 0 Å². The van der Waals surface area contributed by atoms with Crippen molar-refractivity contribution in [2.24, 2.45) is 23.2 Å². The molecule has 25 heavy (non-hydrogen) atoms. The molecule has 1 aromatic rings. The van der Waals surface area contributed by atoms with Gasteiger partial charge in [0.15, 0.2) is 0 Å². The quantitative estimate of drug-likeness (QED) is 0.762. The van der Waals surface area contributed by atoms with Crippen LogP contribution in [0.4, 0.5) is 0 Å². The number of carbonyl (C=O) groups excluding carboxylic acids is 2. The molecule has 132 valence electrons. The SMILES string of the molecule is Cc1nc(C(=O)N2CC3(C2)CN(C(=O)C2[C@H]4COC[C@@H]24)C3)cc(=O)[nH]1. The zero-order valence-electron chi connectivity index (χ0n) is 14.0. The maximum absolute atomic E-state index is 12.5. The third-order valence-corrected chi connectivity index (χ3v) is 6.02. The molecule has 8 heteroatoms. The van der Waals surface area contributed by atoms with Gasteiger partial charge in [0.2, 0.25) is 5.91 Å². The van der Waals surface area contributed by atoms with Gasteiger partial charge in [-0.3, -0.25) is 14.4 Å². The lowest BCUT2D eigenvalue weighted by molar-refractivity contribution is -0.157. The van der Waals surface area contributed by atoms with E-state index < -0.39 is 0 Å². The predicted molar refractivity (Wildman–Crippen MR) is 85.8 cm³/mol. The number of likely N-dealkylation sites (tertiary alicyclic amines) is 2. The van der Waals surface area contributed by atoms with Gasteiger partial charge in [-0.25, -0.2) is 4.98 Å². The number of nitrogens with one attached hydrogen (secondary N) is 1. The van der Waals surface area contributed by atoms with E-state index in [9.17, 15) is 14.4 Å². The van der Waals surface area contributed by atoms with Gasteiger partial charge in [-0.05, 0) is 18.8 Å². The molecule has 3 aliphatic heterocycles. The first kappa shape index (κ1) is 15.1. The van der Waals surface area contributed by atoms with Crippen molar-refractivity contribution >= 4 is 11.8 Å². The maximum Gasteiger partial charge on any atom is 0.272 e. The van der Waals surface area contributed by atoms with Gasteiger partial charge in [0.25, 0.3) is 11.5 Å². The normalized spacial score (nSPS) is 31.3. The Balaban J connectivity index is 1.17. The number of aromatic nitrogens is 2. The van der Waals surface area contributed by atoms with E-state index >= 15 is 0 Å². The molecule has 1 aromatic heterocycles. The number of aryl methyl sites for hydroxylation is 1. The van der Waals surface area contributed by atoms with Crippen LogP contribution in [0.2, 0.25) is 0 Å². The summed E-state index contributed by atoms with van der Waals surface area (Å²) in [5.74, 6) is 1.54. The summed E-state index contributed by atoms with van der Waals surface area (Å²) in [7, 11) is 0. The topological polar surface area (TPSA) is 95.6 Å². The second-order valence-corrected chi connectivity index (χ2v) is 7.96. The van der Waals surface area contributed by atoms with Crippen molar-refractivity contribution in [3.05, 3.63) is 27.9 Å². The molecule has 1 N–H and O–H groups in total. The monoisotopic (exact) mass is 344 g/mol. The van der Waals surface area contributed by atoms with Crippen LogP contribution in [0.15, 0.2) is 10.9 Å². The molecule has 8 nitrogen and oxygen atoms in total. The standard InChI is InChI=1S/C17H20N4O4/c1-9-18-12(2-13(22)19-9)15(23)20-5-17(6-20)7-21(8-17)16(24)14-10-3-25-4-11(10)14/h2,10-11,14H,3-8H2,1H3,(H,18,19,22)/t10-,11+,14?. The maximum atomic E-state index is 12.5. The molecule has 4 heterocycles. The number of hydrogen-bond donors (Lipinski definition) is 1. The summed E-state index contributed by atoms with van der Waals surface area (Å²) in [6, 6.07) is 1.24. The van der Waals surface area contributed by atoms with E-state index in [0.717, 1.165) is 26.3 Å². The van der Waals surface area contributed by atoms with Crippen LogP contribution in [-0.2, 0) is 9.53 Å². The molecule has 0 radical (unpaired) electrons. The third kappa shape index (κ3) is 2.23. The minimum absolute atomic E-state index is 0.0437. The van der Waals surface area contributed by atoms with Crippen LogP contribution in [0.5, 0.6) is 0 Å². The van der Waals surface area contributed by atoms with E-state index in [-0.39, 0.29) is 34.4 Å². The predicted octanol–water partition coefficient (Wildman–Crippen LogP) is -0.745. The van der Waals surface area contributed by atoms with Crippen molar-refractivity contribution < 1.29 is 14.3 Å². The van der Waals surface area contributed by atoms with Crippen LogP contribution in [0, 0.1) is 30.1 Å². The first-order valence-corrected chi connectivity index (χ1v) is 8.70. The highest BCUT2D eigenvalue weighted by molar-refractivity contribution is 5.93. The van der Waals surface area contributed by atoms with Crippen molar-refractivity contribution in [3.8, 4) is 0 Å². The molecular weight excluding hydrogens is 324 g/mol. The molecule has 4 aliphatic rings. The Labute approximate surface area is 144 Å². The van der Waals surface area contributed by atoms with Crippen molar-refractivity contribution in [2.75, 3.05) is 39.4 Å². The van der Waals surface area contributed by atoms with Crippen molar-refractivity contribution in [3.63, 3.8) is 0 Å². The second kappa shape index (κ2) is 4.91. The molecule has 4 fully saturated rings. The lowest BCUT2D eigenvalue weighted by Crippen LogP contribution is -2.73. The third-order valence-electron chi connectivity index (χ3n) is 6.02. The molecule has 0 bridgehead atoms. The van der Waals surface area contributed by atoms with E-state index in [4.69, 9.17) is 4.74 Å². The van der Waals surface area contributed by atoms with E-state index in [2.05, 4.69) is 9.97 Å².